The van der Waals surface area contributed by atoms with Crippen LogP contribution in [0.25, 0.3) is 0 Å². The van der Waals surface area contributed by atoms with Crippen LogP contribution in [0, 0.1) is 0 Å². The Labute approximate surface area is 101 Å². The van der Waals surface area contributed by atoms with Gasteiger partial charge in [0.1, 0.15) is 6.04 Å². The highest BCUT2D eigenvalue weighted by Gasteiger charge is 2.29. The minimum atomic E-state index is -0.241. The Morgan fingerprint density at radius 1 is 1.47 bits per heavy atom. The van der Waals surface area contributed by atoms with Crippen LogP contribution in [0.5, 0.6) is 0 Å². The number of hydrogen-bond donors (Lipinski definition) is 2. The van der Waals surface area contributed by atoms with Gasteiger partial charge < -0.3 is 15.4 Å². The molecule has 1 aromatic carbocycles. The molecule has 1 unspecified atom stereocenters. The van der Waals surface area contributed by atoms with Crippen LogP contribution in [0.2, 0.25) is 0 Å². The monoisotopic (exact) mass is 232 g/mol. The standard InChI is InChI=1S/C13H16N2O2/c1-2-17-9-5-8-14-12-10-6-3-4-7-11(10)15-13(12)16/h2-4,6-7,12,14H,1,5,8-9H2,(H,15,16). The number of amides is 1. The van der Waals surface area contributed by atoms with Gasteiger partial charge in [-0.2, -0.15) is 0 Å². The number of benzene rings is 1. The summed E-state index contributed by atoms with van der Waals surface area (Å²) in [7, 11) is 0. The van der Waals surface area contributed by atoms with Gasteiger partial charge in [0.15, 0.2) is 0 Å². The van der Waals surface area contributed by atoms with Crippen molar-refractivity contribution < 1.29 is 9.53 Å². The number of ether oxygens (including phenoxy) is 1. The lowest BCUT2D eigenvalue weighted by atomic mass is 10.1. The molecular weight excluding hydrogens is 216 g/mol. The lowest BCUT2D eigenvalue weighted by Gasteiger charge is -2.10. The first-order chi connectivity index (χ1) is 8.33. The molecular formula is C13H16N2O2. The van der Waals surface area contributed by atoms with Crippen molar-refractivity contribution in [2.75, 3.05) is 18.5 Å². The molecule has 1 aliphatic rings. The summed E-state index contributed by atoms with van der Waals surface area (Å²) in [5, 5.41) is 6.07. The first kappa shape index (κ1) is 11.7. The van der Waals surface area contributed by atoms with Gasteiger partial charge in [-0.25, -0.2) is 0 Å². The Balaban J connectivity index is 1.88. The lowest BCUT2D eigenvalue weighted by Crippen LogP contribution is -2.28. The van der Waals surface area contributed by atoms with Crippen molar-refractivity contribution in [1.29, 1.82) is 0 Å². The van der Waals surface area contributed by atoms with Crippen LogP contribution in [0.3, 0.4) is 0 Å². The first-order valence-corrected chi connectivity index (χ1v) is 5.68. The van der Waals surface area contributed by atoms with Gasteiger partial charge in [-0.1, -0.05) is 24.8 Å². The van der Waals surface area contributed by atoms with E-state index in [0.717, 1.165) is 24.2 Å². The van der Waals surface area contributed by atoms with Crippen molar-refractivity contribution in [3.63, 3.8) is 0 Å². The first-order valence-electron chi connectivity index (χ1n) is 5.68. The zero-order valence-corrected chi connectivity index (χ0v) is 9.61. The summed E-state index contributed by atoms with van der Waals surface area (Å²) in [6.07, 6.45) is 2.27. The van der Waals surface area contributed by atoms with Crippen LogP contribution < -0.4 is 10.6 Å². The topological polar surface area (TPSA) is 50.4 Å². The molecule has 1 amide bonds. The maximum Gasteiger partial charge on any atom is 0.246 e. The van der Waals surface area contributed by atoms with Gasteiger partial charge in [-0.15, -0.1) is 0 Å². The summed E-state index contributed by atoms with van der Waals surface area (Å²) in [6.45, 7) is 4.82. The van der Waals surface area contributed by atoms with Crippen LogP contribution in [-0.2, 0) is 9.53 Å². The molecule has 1 heterocycles. The van der Waals surface area contributed by atoms with Crippen molar-refractivity contribution in [2.45, 2.75) is 12.5 Å². The van der Waals surface area contributed by atoms with Gasteiger partial charge in [-0.3, -0.25) is 4.79 Å². The fourth-order valence-electron chi connectivity index (χ4n) is 1.90. The molecule has 90 valence electrons. The average molecular weight is 232 g/mol. The number of nitrogens with one attached hydrogen (secondary N) is 2. The number of carbonyl (C=O) groups excluding carboxylic acids is 1. The number of anilines is 1. The van der Waals surface area contributed by atoms with Gasteiger partial charge >= 0.3 is 0 Å². The molecule has 4 nitrogen and oxygen atoms in total. The molecule has 0 aromatic heterocycles. The molecule has 1 atom stereocenters. The third-order valence-corrected chi connectivity index (χ3v) is 2.70. The highest BCUT2D eigenvalue weighted by atomic mass is 16.5. The summed E-state index contributed by atoms with van der Waals surface area (Å²) < 4.78 is 5.02. The Morgan fingerprint density at radius 3 is 3.12 bits per heavy atom. The molecule has 0 bridgehead atoms. The zero-order valence-electron chi connectivity index (χ0n) is 9.61. The summed E-state index contributed by atoms with van der Waals surface area (Å²) in [5.41, 5.74) is 1.92. The molecule has 0 fully saturated rings. The van der Waals surface area contributed by atoms with Crippen molar-refractivity contribution in [3.05, 3.63) is 42.7 Å². The van der Waals surface area contributed by atoms with E-state index in [1.54, 1.807) is 0 Å². The quantitative estimate of drug-likeness (QED) is 0.581. The molecule has 0 spiro atoms. The highest BCUT2D eigenvalue weighted by Crippen LogP contribution is 2.29. The smallest absolute Gasteiger partial charge is 0.246 e. The largest absolute Gasteiger partial charge is 0.502 e. The molecule has 17 heavy (non-hydrogen) atoms. The van der Waals surface area contributed by atoms with E-state index in [4.69, 9.17) is 4.74 Å². The molecule has 0 saturated heterocycles. The van der Waals surface area contributed by atoms with Crippen LogP contribution in [0.1, 0.15) is 18.0 Å². The van der Waals surface area contributed by atoms with E-state index in [1.165, 1.54) is 6.26 Å². The van der Waals surface area contributed by atoms with E-state index >= 15 is 0 Å². The van der Waals surface area contributed by atoms with E-state index in [0.29, 0.717) is 6.61 Å². The molecule has 0 saturated carbocycles. The van der Waals surface area contributed by atoms with Crippen molar-refractivity contribution >= 4 is 11.6 Å². The maximum atomic E-state index is 11.7. The fraction of sp³-hybridized carbons (Fsp3) is 0.308. The number of hydrogen-bond acceptors (Lipinski definition) is 3. The zero-order chi connectivity index (χ0) is 12.1. The maximum absolute atomic E-state index is 11.7. The van der Waals surface area contributed by atoms with Gasteiger partial charge in [0, 0.05) is 11.3 Å². The summed E-state index contributed by atoms with van der Waals surface area (Å²) in [4.78, 5) is 11.7. The van der Waals surface area contributed by atoms with Gasteiger partial charge in [0.2, 0.25) is 5.91 Å². The predicted octanol–water partition coefficient (Wildman–Crippen LogP) is 1.82. The molecule has 2 N–H and O–H groups in total. The number of fused-ring (bicyclic) bond motifs is 1. The SMILES string of the molecule is C=COCCCNC1C(=O)Nc2ccccc21. The molecule has 2 rings (SSSR count). The Morgan fingerprint density at radius 2 is 2.29 bits per heavy atom. The Bertz CT molecular complexity index is 418. The fourth-order valence-corrected chi connectivity index (χ4v) is 1.90. The average Bonchev–Trinajstić information content (AvgIpc) is 2.65. The molecule has 1 aromatic rings. The van der Waals surface area contributed by atoms with Gasteiger partial charge in [0.25, 0.3) is 0 Å². The second-order valence-corrected chi connectivity index (χ2v) is 3.85. The Hall–Kier alpha value is -1.81. The second kappa shape index (κ2) is 5.50. The van der Waals surface area contributed by atoms with E-state index in [1.807, 2.05) is 24.3 Å². The van der Waals surface area contributed by atoms with E-state index in [-0.39, 0.29) is 11.9 Å². The van der Waals surface area contributed by atoms with Crippen LogP contribution >= 0.6 is 0 Å². The third kappa shape index (κ3) is 2.65. The van der Waals surface area contributed by atoms with Gasteiger partial charge in [-0.05, 0) is 19.0 Å². The van der Waals surface area contributed by atoms with Gasteiger partial charge in [0.05, 0.1) is 12.9 Å². The summed E-state index contributed by atoms with van der Waals surface area (Å²) in [5.74, 6) is 0.0100. The summed E-state index contributed by atoms with van der Waals surface area (Å²) in [6, 6.07) is 7.49. The normalized spacial score (nSPS) is 17.4. The minimum Gasteiger partial charge on any atom is -0.502 e. The van der Waals surface area contributed by atoms with E-state index < -0.39 is 0 Å². The second-order valence-electron chi connectivity index (χ2n) is 3.85. The Kier molecular flexibility index (Phi) is 3.77. The third-order valence-electron chi connectivity index (χ3n) is 2.70. The predicted molar refractivity (Wildman–Crippen MR) is 66.6 cm³/mol. The molecule has 1 aliphatic heterocycles. The molecule has 0 radical (unpaired) electrons. The van der Waals surface area contributed by atoms with Crippen LogP contribution in [0.15, 0.2) is 37.1 Å². The van der Waals surface area contributed by atoms with E-state index in [9.17, 15) is 4.79 Å². The number of carbonyl (C=O) groups is 1. The molecule has 0 aliphatic carbocycles. The molecule has 4 heteroatoms. The van der Waals surface area contributed by atoms with Crippen LogP contribution in [0.4, 0.5) is 5.69 Å². The number of para-hydroxylation sites is 1. The minimum absolute atomic E-state index is 0.0100. The van der Waals surface area contributed by atoms with Crippen molar-refractivity contribution in [2.24, 2.45) is 0 Å². The van der Waals surface area contributed by atoms with Crippen molar-refractivity contribution in [3.8, 4) is 0 Å². The number of rotatable bonds is 6. The summed E-state index contributed by atoms with van der Waals surface area (Å²) >= 11 is 0. The van der Waals surface area contributed by atoms with Crippen LogP contribution in [-0.4, -0.2) is 19.1 Å². The van der Waals surface area contributed by atoms with E-state index in [2.05, 4.69) is 17.2 Å². The van der Waals surface area contributed by atoms with Crippen molar-refractivity contribution in [1.82, 2.24) is 5.32 Å². The lowest BCUT2D eigenvalue weighted by molar-refractivity contribution is -0.117. The highest BCUT2D eigenvalue weighted by molar-refractivity contribution is 6.02.